The van der Waals surface area contributed by atoms with Crippen LogP contribution in [-0.2, 0) is 4.79 Å². The predicted molar refractivity (Wildman–Crippen MR) is 84.3 cm³/mol. The molecule has 1 aromatic carbocycles. The van der Waals surface area contributed by atoms with Gasteiger partial charge in [-0.05, 0) is 40.5 Å². The van der Waals surface area contributed by atoms with Crippen LogP contribution < -0.4 is 5.32 Å². The van der Waals surface area contributed by atoms with Gasteiger partial charge >= 0.3 is 5.97 Å². The van der Waals surface area contributed by atoms with Crippen molar-refractivity contribution >= 4 is 39.4 Å². The summed E-state index contributed by atoms with van der Waals surface area (Å²) in [5.74, 6) is -3.19. The summed E-state index contributed by atoms with van der Waals surface area (Å²) in [6, 6.07) is 4.29. The van der Waals surface area contributed by atoms with E-state index < -0.39 is 23.6 Å². The summed E-state index contributed by atoms with van der Waals surface area (Å²) in [6.07, 6.45) is -0.696. The Labute approximate surface area is 143 Å². The number of nitrogens with zero attached hydrogens (tertiary/aromatic N) is 3. The molecular formula is C14H12BrFN4O4. The largest absolute Gasteiger partial charge is 0.481 e. The SMILES string of the molecule is Cc1ccc(NC(=O)c2nn(C(=O)CCC(=O)O)nc2Br)c(F)c1. The minimum absolute atomic E-state index is 0.0174. The van der Waals surface area contributed by atoms with Gasteiger partial charge in [-0.25, -0.2) is 4.39 Å². The number of aliphatic carboxylic acids is 1. The van der Waals surface area contributed by atoms with E-state index in [-0.39, 0.29) is 28.8 Å². The van der Waals surface area contributed by atoms with Gasteiger partial charge in [-0.3, -0.25) is 14.4 Å². The Kier molecular flexibility index (Phi) is 5.39. The smallest absolute Gasteiger partial charge is 0.303 e. The van der Waals surface area contributed by atoms with Gasteiger partial charge in [0.05, 0.1) is 12.1 Å². The molecule has 0 spiro atoms. The monoisotopic (exact) mass is 398 g/mol. The van der Waals surface area contributed by atoms with Crippen LogP contribution in [0, 0.1) is 12.7 Å². The third-order valence-corrected chi connectivity index (χ3v) is 3.47. The summed E-state index contributed by atoms with van der Waals surface area (Å²) in [5, 5.41) is 18.3. The van der Waals surface area contributed by atoms with Crippen molar-refractivity contribution in [1.29, 1.82) is 0 Å². The molecule has 1 aromatic heterocycles. The minimum Gasteiger partial charge on any atom is -0.481 e. The molecule has 10 heteroatoms. The van der Waals surface area contributed by atoms with E-state index in [0.29, 0.717) is 10.4 Å². The van der Waals surface area contributed by atoms with Crippen molar-refractivity contribution in [2.45, 2.75) is 19.8 Å². The first kappa shape index (κ1) is 17.7. The second-order valence-corrected chi connectivity index (χ2v) is 5.60. The molecule has 2 aromatic rings. The molecular weight excluding hydrogens is 387 g/mol. The number of amides is 1. The van der Waals surface area contributed by atoms with E-state index >= 15 is 0 Å². The molecule has 0 aliphatic carbocycles. The summed E-state index contributed by atoms with van der Waals surface area (Å²) >= 11 is 2.99. The molecule has 0 atom stereocenters. The van der Waals surface area contributed by atoms with E-state index in [2.05, 4.69) is 31.4 Å². The van der Waals surface area contributed by atoms with E-state index in [1.807, 2.05) is 0 Å². The number of carbonyl (C=O) groups excluding carboxylic acids is 2. The van der Waals surface area contributed by atoms with Gasteiger partial charge in [0, 0.05) is 6.42 Å². The average Bonchev–Trinajstić information content (AvgIpc) is 2.89. The van der Waals surface area contributed by atoms with Crippen molar-refractivity contribution in [3.05, 3.63) is 39.9 Å². The van der Waals surface area contributed by atoms with Gasteiger partial charge < -0.3 is 10.4 Å². The van der Waals surface area contributed by atoms with Crippen molar-refractivity contribution in [2.24, 2.45) is 0 Å². The van der Waals surface area contributed by atoms with Crippen molar-refractivity contribution < 1.29 is 23.9 Å². The molecule has 2 rings (SSSR count). The highest BCUT2D eigenvalue weighted by Crippen LogP contribution is 2.18. The number of nitrogens with one attached hydrogen (secondary N) is 1. The molecule has 0 aliphatic rings. The highest BCUT2D eigenvalue weighted by molar-refractivity contribution is 9.10. The van der Waals surface area contributed by atoms with Crippen molar-refractivity contribution in [3.8, 4) is 0 Å². The molecule has 0 bridgehead atoms. The summed E-state index contributed by atoms with van der Waals surface area (Å²) in [7, 11) is 0. The van der Waals surface area contributed by atoms with Gasteiger partial charge in [0.1, 0.15) is 5.82 Å². The fraction of sp³-hybridized carbons (Fsp3) is 0.214. The van der Waals surface area contributed by atoms with E-state index in [0.717, 1.165) is 0 Å². The minimum atomic E-state index is -1.14. The number of hydrogen-bond donors (Lipinski definition) is 2. The van der Waals surface area contributed by atoms with Crippen molar-refractivity contribution in [2.75, 3.05) is 5.32 Å². The standard InChI is InChI=1S/C14H12BrFN4O4/c1-7-2-3-9(8(16)6-7)17-14(24)12-13(15)19-20(18-12)10(21)4-5-11(22)23/h2-3,6H,4-5H2,1H3,(H,17,24)(H,22,23). The number of carboxylic acid groups (broad SMARTS) is 1. The van der Waals surface area contributed by atoms with Crippen LogP contribution in [0.3, 0.4) is 0 Å². The van der Waals surface area contributed by atoms with Crippen LogP contribution in [0.15, 0.2) is 22.8 Å². The molecule has 0 saturated heterocycles. The highest BCUT2D eigenvalue weighted by atomic mass is 79.9. The third kappa shape index (κ3) is 4.22. The maximum atomic E-state index is 13.8. The zero-order chi connectivity index (χ0) is 17.9. The molecule has 0 saturated carbocycles. The number of anilines is 1. The maximum Gasteiger partial charge on any atom is 0.303 e. The second kappa shape index (κ2) is 7.30. The van der Waals surface area contributed by atoms with Gasteiger partial charge in [0.25, 0.3) is 11.8 Å². The number of rotatable bonds is 5. The topological polar surface area (TPSA) is 114 Å². The number of halogens is 2. The van der Waals surface area contributed by atoms with Crippen LogP contribution in [0.5, 0.6) is 0 Å². The van der Waals surface area contributed by atoms with E-state index in [1.165, 1.54) is 12.1 Å². The Morgan fingerprint density at radius 1 is 1.29 bits per heavy atom. The lowest BCUT2D eigenvalue weighted by atomic mass is 10.2. The first-order valence-electron chi connectivity index (χ1n) is 6.73. The first-order chi connectivity index (χ1) is 11.3. The number of carboxylic acids is 1. The Hall–Kier alpha value is -2.62. The first-order valence-corrected chi connectivity index (χ1v) is 7.52. The Balaban J connectivity index is 2.15. The summed E-state index contributed by atoms with van der Waals surface area (Å²) in [5.41, 5.74) is 0.435. The molecule has 0 aliphatic heterocycles. The predicted octanol–water partition coefficient (Wildman–Crippen LogP) is 2.25. The maximum absolute atomic E-state index is 13.8. The summed E-state index contributed by atoms with van der Waals surface area (Å²) in [4.78, 5) is 35.0. The molecule has 126 valence electrons. The fourth-order valence-corrected chi connectivity index (χ4v) is 2.17. The lowest BCUT2D eigenvalue weighted by molar-refractivity contribution is -0.137. The molecule has 1 heterocycles. The molecule has 24 heavy (non-hydrogen) atoms. The lowest BCUT2D eigenvalue weighted by Gasteiger charge is -2.05. The van der Waals surface area contributed by atoms with Crippen LogP contribution in [-0.4, -0.2) is 37.9 Å². The molecule has 8 nitrogen and oxygen atoms in total. The van der Waals surface area contributed by atoms with Crippen molar-refractivity contribution in [3.63, 3.8) is 0 Å². The quantitative estimate of drug-likeness (QED) is 0.797. The zero-order valence-electron chi connectivity index (χ0n) is 12.4. The van der Waals surface area contributed by atoms with Crippen LogP contribution >= 0.6 is 15.9 Å². The summed E-state index contributed by atoms with van der Waals surface area (Å²) in [6.45, 7) is 1.71. The number of carbonyl (C=O) groups is 3. The van der Waals surface area contributed by atoms with Gasteiger partial charge in [0.15, 0.2) is 10.3 Å². The second-order valence-electron chi connectivity index (χ2n) is 4.85. The fourth-order valence-electron chi connectivity index (χ4n) is 1.76. The van der Waals surface area contributed by atoms with E-state index in [4.69, 9.17) is 5.11 Å². The number of hydrogen-bond acceptors (Lipinski definition) is 5. The van der Waals surface area contributed by atoms with Crippen molar-refractivity contribution in [1.82, 2.24) is 15.0 Å². The zero-order valence-corrected chi connectivity index (χ0v) is 14.0. The molecule has 0 unspecified atom stereocenters. The Bertz CT molecular complexity index is 821. The van der Waals surface area contributed by atoms with Crippen LogP contribution in [0.25, 0.3) is 0 Å². The van der Waals surface area contributed by atoms with Crippen LogP contribution in [0.2, 0.25) is 0 Å². The number of aromatic nitrogens is 3. The van der Waals surface area contributed by atoms with Crippen LogP contribution in [0.4, 0.5) is 10.1 Å². The van der Waals surface area contributed by atoms with Gasteiger partial charge in [0.2, 0.25) is 0 Å². The normalized spacial score (nSPS) is 10.5. The third-order valence-electron chi connectivity index (χ3n) is 2.94. The average molecular weight is 399 g/mol. The number of aryl methyl sites for hydroxylation is 1. The lowest BCUT2D eigenvalue weighted by Crippen LogP contribution is -2.18. The summed E-state index contributed by atoms with van der Waals surface area (Å²) < 4.78 is 13.7. The molecule has 0 fully saturated rings. The molecule has 2 N–H and O–H groups in total. The van der Waals surface area contributed by atoms with E-state index in [9.17, 15) is 18.8 Å². The Morgan fingerprint density at radius 3 is 2.62 bits per heavy atom. The highest BCUT2D eigenvalue weighted by Gasteiger charge is 2.21. The van der Waals surface area contributed by atoms with E-state index in [1.54, 1.807) is 13.0 Å². The molecule has 0 radical (unpaired) electrons. The van der Waals surface area contributed by atoms with Gasteiger partial charge in [-0.15, -0.1) is 15.0 Å². The Morgan fingerprint density at radius 2 is 2.00 bits per heavy atom. The van der Waals surface area contributed by atoms with Gasteiger partial charge in [-0.2, -0.15) is 0 Å². The van der Waals surface area contributed by atoms with Crippen LogP contribution in [0.1, 0.15) is 33.7 Å². The number of benzene rings is 1. The van der Waals surface area contributed by atoms with Gasteiger partial charge in [-0.1, -0.05) is 6.07 Å². The molecule has 1 amide bonds.